The van der Waals surface area contributed by atoms with Crippen LogP contribution in [0.25, 0.3) is 0 Å². The van der Waals surface area contributed by atoms with Crippen LogP contribution in [-0.2, 0) is 6.54 Å². The average molecular weight is 333 g/mol. The van der Waals surface area contributed by atoms with Gasteiger partial charge in [0.15, 0.2) is 6.17 Å². The molecule has 0 fully saturated rings. The van der Waals surface area contributed by atoms with E-state index in [0.717, 1.165) is 16.9 Å². The molecular formula is C19H19N5O. The second kappa shape index (κ2) is 6.05. The summed E-state index contributed by atoms with van der Waals surface area (Å²) in [5.74, 6) is -0.00342. The van der Waals surface area contributed by atoms with Crippen LogP contribution in [0.2, 0.25) is 0 Å². The number of hydrogen-bond acceptors (Lipinski definition) is 4. The highest BCUT2D eigenvalue weighted by Gasteiger charge is 2.35. The maximum atomic E-state index is 12.7. The van der Waals surface area contributed by atoms with E-state index >= 15 is 0 Å². The molecule has 2 aromatic carbocycles. The van der Waals surface area contributed by atoms with Gasteiger partial charge < -0.3 is 9.80 Å². The quantitative estimate of drug-likeness (QED) is 0.739. The third kappa shape index (κ3) is 2.65. The summed E-state index contributed by atoms with van der Waals surface area (Å²) in [6.07, 6.45) is 1.64. The fraction of sp³-hybridized carbons (Fsp3) is 0.211. The Bertz CT molecular complexity index is 905. The zero-order chi connectivity index (χ0) is 17.4. The Morgan fingerprint density at radius 2 is 1.68 bits per heavy atom. The molecule has 6 heteroatoms. The zero-order valence-corrected chi connectivity index (χ0v) is 14.2. The molecule has 0 radical (unpaired) electrons. The monoisotopic (exact) mass is 333 g/mol. The molecule has 4 rings (SSSR count). The number of para-hydroxylation sites is 1. The molecule has 25 heavy (non-hydrogen) atoms. The second-order valence-electron chi connectivity index (χ2n) is 6.24. The fourth-order valence-electron chi connectivity index (χ4n) is 3.33. The first-order valence-electron chi connectivity index (χ1n) is 8.18. The molecule has 6 nitrogen and oxygen atoms in total. The third-order valence-corrected chi connectivity index (χ3v) is 4.58. The van der Waals surface area contributed by atoms with Crippen molar-refractivity contribution in [3.8, 4) is 0 Å². The number of benzene rings is 2. The topological polar surface area (TPSA) is 54.3 Å². The lowest BCUT2D eigenvalue weighted by molar-refractivity contribution is 0.0707. The van der Waals surface area contributed by atoms with Gasteiger partial charge in [-0.05, 0) is 17.7 Å². The number of rotatable bonds is 3. The first-order chi connectivity index (χ1) is 12.1. The van der Waals surface area contributed by atoms with Crippen LogP contribution >= 0.6 is 0 Å². The number of aromatic nitrogens is 3. The lowest BCUT2D eigenvalue weighted by atomic mass is 10.1. The summed E-state index contributed by atoms with van der Waals surface area (Å²) >= 11 is 0. The molecule has 0 saturated carbocycles. The summed E-state index contributed by atoms with van der Waals surface area (Å²) in [6.45, 7) is 0.651. The Morgan fingerprint density at radius 3 is 2.48 bits per heavy atom. The summed E-state index contributed by atoms with van der Waals surface area (Å²) < 4.78 is 1.80. The summed E-state index contributed by atoms with van der Waals surface area (Å²) in [5, 5.41) is 8.56. The van der Waals surface area contributed by atoms with E-state index < -0.39 is 0 Å². The zero-order valence-electron chi connectivity index (χ0n) is 14.2. The van der Waals surface area contributed by atoms with Gasteiger partial charge in [-0.15, -0.1) is 5.10 Å². The Kier molecular flexibility index (Phi) is 3.72. The van der Waals surface area contributed by atoms with Gasteiger partial charge in [0.1, 0.15) is 5.69 Å². The van der Waals surface area contributed by atoms with Crippen LogP contribution < -0.4 is 4.90 Å². The van der Waals surface area contributed by atoms with E-state index in [1.807, 2.05) is 55.7 Å². The minimum absolute atomic E-state index is 0.00342. The van der Waals surface area contributed by atoms with Gasteiger partial charge in [-0.25, -0.2) is 4.68 Å². The summed E-state index contributed by atoms with van der Waals surface area (Å²) in [5.41, 5.74) is 3.53. The predicted molar refractivity (Wildman–Crippen MR) is 95.2 cm³/mol. The van der Waals surface area contributed by atoms with E-state index in [4.69, 9.17) is 0 Å². The van der Waals surface area contributed by atoms with Crippen molar-refractivity contribution in [3.63, 3.8) is 0 Å². The van der Waals surface area contributed by atoms with Gasteiger partial charge in [0.25, 0.3) is 5.91 Å². The molecule has 0 spiro atoms. The highest BCUT2D eigenvalue weighted by Crippen LogP contribution is 2.35. The lowest BCUT2D eigenvalue weighted by Crippen LogP contribution is -2.45. The smallest absolute Gasteiger partial charge is 0.257 e. The van der Waals surface area contributed by atoms with Crippen molar-refractivity contribution in [1.29, 1.82) is 0 Å². The molecule has 1 atom stereocenters. The standard InChI is InChI=1S/C19H19N5O/c1-22-17-11-7-6-10-15(17)19(25)23(2)18(22)16-13-24(21-20-16)12-14-8-4-3-5-9-14/h3-11,13,18H,12H2,1-2H3/t18-/m1/s1. The lowest BCUT2D eigenvalue weighted by Gasteiger charge is -2.40. The number of nitrogens with zero attached hydrogens (tertiary/aromatic N) is 5. The number of carbonyl (C=O) groups is 1. The Labute approximate surface area is 146 Å². The van der Waals surface area contributed by atoms with Crippen molar-refractivity contribution in [3.05, 3.63) is 77.6 Å². The maximum Gasteiger partial charge on any atom is 0.257 e. The second-order valence-corrected chi connectivity index (χ2v) is 6.24. The summed E-state index contributed by atoms with van der Waals surface area (Å²) in [7, 11) is 3.78. The molecule has 1 aliphatic heterocycles. The Morgan fingerprint density at radius 1 is 0.960 bits per heavy atom. The summed E-state index contributed by atoms with van der Waals surface area (Å²) in [6, 6.07) is 17.8. The van der Waals surface area contributed by atoms with Gasteiger partial charge in [0.2, 0.25) is 0 Å². The first kappa shape index (κ1) is 15.4. The highest BCUT2D eigenvalue weighted by atomic mass is 16.2. The van der Waals surface area contributed by atoms with Crippen LogP contribution in [0.3, 0.4) is 0 Å². The van der Waals surface area contributed by atoms with E-state index in [0.29, 0.717) is 12.1 Å². The molecule has 126 valence electrons. The third-order valence-electron chi connectivity index (χ3n) is 4.58. The number of carbonyl (C=O) groups excluding carboxylic acids is 1. The molecule has 1 amide bonds. The van der Waals surface area contributed by atoms with Crippen molar-refractivity contribution in [2.24, 2.45) is 0 Å². The molecule has 0 bridgehead atoms. The fourth-order valence-corrected chi connectivity index (χ4v) is 3.33. The Hall–Kier alpha value is -3.15. The van der Waals surface area contributed by atoms with Crippen LogP contribution in [0.1, 0.15) is 27.8 Å². The van der Waals surface area contributed by atoms with Gasteiger partial charge in [0, 0.05) is 14.1 Å². The van der Waals surface area contributed by atoms with E-state index in [1.165, 1.54) is 0 Å². The largest absolute Gasteiger partial charge is 0.348 e. The predicted octanol–water partition coefficient (Wildman–Crippen LogP) is 2.55. The van der Waals surface area contributed by atoms with Gasteiger partial charge in [0.05, 0.1) is 24.0 Å². The van der Waals surface area contributed by atoms with Crippen molar-refractivity contribution >= 4 is 11.6 Å². The number of fused-ring (bicyclic) bond motifs is 1. The minimum atomic E-state index is -0.271. The van der Waals surface area contributed by atoms with Crippen molar-refractivity contribution in [2.45, 2.75) is 12.7 Å². The number of hydrogen-bond donors (Lipinski definition) is 0. The van der Waals surface area contributed by atoms with Crippen molar-refractivity contribution < 1.29 is 4.79 Å². The van der Waals surface area contributed by atoms with Gasteiger partial charge in [-0.1, -0.05) is 47.7 Å². The molecular weight excluding hydrogens is 314 g/mol. The molecule has 1 aromatic heterocycles. The molecule has 0 N–H and O–H groups in total. The molecule has 3 aromatic rings. The van der Waals surface area contributed by atoms with Crippen LogP contribution in [-0.4, -0.2) is 39.9 Å². The number of anilines is 1. The van der Waals surface area contributed by atoms with E-state index in [9.17, 15) is 4.79 Å². The molecule has 0 unspecified atom stereocenters. The van der Waals surface area contributed by atoms with Crippen molar-refractivity contribution in [1.82, 2.24) is 19.9 Å². The Balaban J connectivity index is 1.65. The van der Waals surface area contributed by atoms with Crippen LogP contribution in [0.4, 0.5) is 5.69 Å². The highest BCUT2D eigenvalue weighted by molar-refractivity contribution is 6.01. The minimum Gasteiger partial charge on any atom is -0.348 e. The molecule has 2 heterocycles. The summed E-state index contributed by atoms with van der Waals surface area (Å²) in [4.78, 5) is 16.5. The van der Waals surface area contributed by atoms with Gasteiger partial charge in [-0.3, -0.25) is 4.79 Å². The SMILES string of the molecule is CN1C(=O)c2ccccc2N(C)[C@H]1c1cn(Cc2ccccc2)nn1. The molecule has 0 saturated heterocycles. The van der Waals surface area contributed by atoms with E-state index in [2.05, 4.69) is 27.3 Å². The van der Waals surface area contributed by atoms with Crippen LogP contribution in [0.5, 0.6) is 0 Å². The molecule has 1 aliphatic rings. The number of amides is 1. The van der Waals surface area contributed by atoms with E-state index in [-0.39, 0.29) is 12.1 Å². The molecule has 0 aliphatic carbocycles. The van der Waals surface area contributed by atoms with E-state index in [1.54, 1.807) is 16.6 Å². The van der Waals surface area contributed by atoms with Gasteiger partial charge >= 0.3 is 0 Å². The maximum absolute atomic E-state index is 12.7. The van der Waals surface area contributed by atoms with Crippen LogP contribution in [0, 0.1) is 0 Å². The van der Waals surface area contributed by atoms with Crippen molar-refractivity contribution in [2.75, 3.05) is 19.0 Å². The normalized spacial score (nSPS) is 16.9. The van der Waals surface area contributed by atoms with Crippen LogP contribution in [0.15, 0.2) is 60.8 Å². The average Bonchev–Trinajstić information content (AvgIpc) is 3.09. The first-order valence-corrected chi connectivity index (χ1v) is 8.18. The van der Waals surface area contributed by atoms with Gasteiger partial charge in [-0.2, -0.15) is 0 Å².